The average Bonchev–Trinajstić information content (AvgIpc) is 2.57. The first-order chi connectivity index (χ1) is 11.5. The van der Waals surface area contributed by atoms with Crippen LogP contribution in [0.1, 0.15) is 30.6 Å². The van der Waals surface area contributed by atoms with Crippen molar-refractivity contribution in [1.29, 1.82) is 0 Å². The lowest BCUT2D eigenvalue weighted by molar-refractivity contribution is 0.0977. The Balaban J connectivity index is 1.97. The summed E-state index contributed by atoms with van der Waals surface area (Å²) in [5, 5.41) is 5.71. The molecule has 0 unspecified atom stereocenters. The van der Waals surface area contributed by atoms with Crippen molar-refractivity contribution in [2.75, 3.05) is 5.32 Å². The van der Waals surface area contributed by atoms with E-state index in [0.29, 0.717) is 17.1 Å². The van der Waals surface area contributed by atoms with Gasteiger partial charge in [-0.3, -0.25) is 10.1 Å². The van der Waals surface area contributed by atoms with Crippen LogP contribution in [0.4, 0.5) is 5.82 Å². The van der Waals surface area contributed by atoms with Crippen LogP contribution in [0.2, 0.25) is 0 Å². The summed E-state index contributed by atoms with van der Waals surface area (Å²) in [4.78, 5) is 16.5. The zero-order chi connectivity index (χ0) is 17.5. The van der Waals surface area contributed by atoms with Crippen molar-refractivity contribution in [1.82, 2.24) is 10.3 Å². The lowest BCUT2D eigenvalue weighted by atomic mass is 10.2. The third-order valence-electron chi connectivity index (χ3n) is 3.20. The maximum atomic E-state index is 12.3. The molecule has 2 aromatic rings. The highest BCUT2D eigenvalue weighted by atomic mass is 127. The molecule has 0 saturated carbocycles. The van der Waals surface area contributed by atoms with Crippen LogP contribution in [0.25, 0.3) is 0 Å². The topological polar surface area (TPSA) is 63.2 Å². The summed E-state index contributed by atoms with van der Waals surface area (Å²) in [5.74, 6) is 0.942. The van der Waals surface area contributed by atoms with Gasteiger partial charge in [0.25, 0.3) is 5.91 Å². The largest absolute Gasteiger partial charge is 0.491 e. The molecule has 0 bridgehead atoms. The van der Waals surface area contributed by atoms with Gasteiger partial charge in [0.2, 0.25) is 0 Å². The Morgan fingerprint density at radius 2 is 2.17 bits per heavy atom. The Bertz CT molecular complexity index is 722. The number of anilines is 1. The van der Waals surface area contributed by atoms with Crippen molar-refractivity contribution in [3.8, 4) is 5.75 Å². The molecule has 7 heteroatoms. The number of hydrogen-bond acceptors (Lipinski definition) is 4. The highest BCUT2D eigenvalue weighted by Crippen LogP contribution is 2.16. The van der Waals surface area contributed by atoms with Gasteiger partial charge in [0, 0.05) is 15.3 Å². The lowest BCUT2D eigenvalue weighted by Crippen LogP contribution is -2.34. The zero-order valence-electron chi connectivity index (χ0n) is 13.4. The number of halogens is 1. The van der Waals surface area contributed by atoms with Crippen LogP contribution in [-0.2, 0) is 0 Å². The Morgan fingerprint density at radius 1 is 1.38 bits per heavy atom. The molecule has 0 aliphatic rings. The van der Waals surface area contributed by atoms with Gasteiger partial charge in [-0.2, -0.15) is 0 Å². The maximum Gasteiger partial charge on any atom is 0.257 e. The summed E-state index contributed by atoms with van der Waals surface area (Å²) < 4.78 is 6.75. The van der Waals surface area contributed by atoms with E-state index in [1.165, 1.54) is 0 Å². The van der Waals surface area contributed by atoms with Crippen LogP contribution in [0.3, 0.4) is 0 Å². The summed E-state index contributed by atoms with van der Waals surface area (Å²) in [6, 6.07) is 10.7. The first-order valence-electron chi connectivity index (χ1n) is 7.48. The quantitative estimate of drug-likeness (QED) is 0.528. The lowest BCUT2D eigenvalue weighted by Gasteiger charge is -2.13. The van der Waals surface area contributed by atoms with E-state index < -0.39 is 0 Å². The van der Waals surface area contributed by atoms with E-state index in [0.717, 1.165) is 9.99 Å². The number of nitrogens with one attached hydrogen (secondary N) is 2. The number of amides is 1. The van der Waals surface area contributed by atoms with Crippen molar-refractivity contribution in [3.05, 3.63) is 51.7 Å². The minimum Gasteiger partial charge on any atom is -0.491 e. The van der Waals surface area contributed by atoms with Crippen molar-refractivity contribution >= 4 is 51.6 Å². The van der Waals surface area contributed by atoms with E-state index in [2.05, 4.69) is 38.2 Å². The number of aromatic nitrogens is 1. The van der Waals surface area contributed by atoms with E-state index in [4.69, 9.17) is 17.0 Å². The van der Waals surface area contributed by atoms with E-state index in [9.17, 15) is 4.79 Å². The standard InChI is InChI=1S/C17H18IN3O2S/c1-3-11(2)23-14-6-4-5-12(9-14)16(22)21-17(24)20-15-8-7-13(18)10-19-15/h4-11H,3H2,1-2H3,(H2,19,20,21,22,24)/t11-/m0/s1. The molecule has 0 radical (unpaired) electrons. The predicted octanol–water partition coefficient (Wildman–Crippen LogP) is 3.99. The third-order valence-corrected chi connectivity index (χ3v) is 4.05. The van der Waals surface area contributed by atoms with Crippen LogP contribution in [0, 0.1) is 3.57 Å². The normalized spacial score (nSPS) is 11.5. The number of carbonyl (C=O) groups excluding carboxylic acids is 1. The minimum absolute atomic E-state index is 0.0954. The smallest absolute Gasteiger partial charge is 0.257 e. The van der Waals surface area contributed by atoms with E-state index >= 15 is 0 Å². The molecule has 0 saturated heterocycles. The first-order valence-corrected chi connectivity index (χ1v) is 8.97. The number of rotatable bonds is 5. The molecular weight excluding hydrogens is 437 g/mol. The third kappa shape index (κ3) is 5.72. The fourth-order valence-corrected chi connectivity index (χ4v) is 2.32. The van der Waals surface area contributed by atoms with Gasteiger partial charge in [-0.1, -0.05) is 13.0 Å². The molecule has 0 aliphatic heterocycles. The average molecular weight is 455 g/mol. The van der Waals surface area contributed by atoms with Gasteiger partial charge in [0.1, 0.15) is 11.6 Å². The molecular formula is C17H18IN3O2S. The van der Waals surface area contributed by atoms with Crippen LogP contribution in [0.15, 0.2) is 42.6 Å². The predicted molar refractivity (Wildman–Crippen MR) is 107 cm³/mol. The molecule has 1 amide bonds. The second kappa shape index (κ2) is 8.93. The molecule has 0 aliphatic carbocycles. The highest BCUT2D eigenvalue weighted by molar-refractivity contribution is 14.1. The molecule has 24 heavy (non-hydrogen) atoms. The highest BCUT2D eigenvalue weighted by Gasteiger charge is 2.10. The second-order valence-corrected chi connectivity index (χ2v) is 6.79. The molecule has 2 N–H and O–H groups in total. The summed E-state index contributed by atoms with van der Waals surface area (Å²) in [5.41, 5.74) is 0.482. The molecule has 1 aromatic carbocycles. The van der Waals surface area contributed by atoms with Crippen LogP contribution >= 0.6 is 34.8 Å². The fourth-order valence-electron chi connectivity index (χ4n) is 1.80. The Kier molecular flexibility index (Phi) is 6.92. The van der Waals surface area contributed by atoms with Crippen molar-refractivity contribution in [2.45, 2.75) is 26.4 Å². The SMILES string of the molecule is CC[C@H](C)Oc1cccc(C(=O)NC(=S)Nc2ccc(I)cn2)c1. The molecule has 5 nitrogen and oxygen atoms in total. The number of hydrogen-bond donors (Lipinski definition) is 2. The summed E-state index contributed by atoms with van der Waals surface area (Å²) in [6.07, 6.45) is 2.70. The Morgan fingerprint density at radius 3 is 2.83 bits per heavy atom. The summed E-state index contributed by atoms with van der Waals surface area (Å²) in [6.45, 7) is 4.03. The first kappa shape index (κ1) is 18.6. The van der Waals surface area contributed by atoms with E-state index in [1.807, 2.05) is 26.0 Å². The van der Waals surface area contributed by atoms with Crippen LogP contribution in [-0.4, -0.2) is 22.1 Å². The molecule has 2 rings (SSSR count). The van der Waals surface area contributed by atoms with Crippen molar-refractivity contribution < 1.29 is 9.53 Å². The minimum atomic E-state index is -0.299. The summed E-state index contributed by atoms with van der Waals surface area (Å²) >= 11 is 7.32. The van der Waals surface area contributed by atoms with Gasteiger partial charge in [-0.15, -0.1) is 0 Å². The van der Waals surface area contributed by atoms with Crippen LogP contribution < -0.4 is 15.4 Å². The monoisotopic (exact) mass is 455 g/mol. The van der Waals surface area contributed by atoms with Gasteiger partial charge < -0.3 is 10.1 Å². The van der Waals surface area contributed by atoms with Crippen LogP contribution in [0.5, 0.6) is 5.75 Å². The fraction of sp³-hybridized carbons (Fsp3) is 0.235. The van der Waals surface area contributed by atoms with Crippen molar-refractivity contribution in [2.24, 2.45) is 0 Å². The number of thiocarbonyl (C=S) groups is 1. The number of carbonyl (C=O) groups is 1. The maximum absolute atomic E-state index is 12.3. The Hall–Kier alpha value is -1.74. The second-order valence-electron chi connectivity index (χ2n) is 5.13. The molecule has 1 heterocycles. The molecule has 1 atom stereocenters. The number of ether oxygens (including phenoxy) is 1. The van der Waals surface area contributed by atoms with Gasteiger partial charge in [-0.05, 0) is 78.5 Å². The van der Waals surface area contributed by atoms with Crippen molar-refractivity contribution in [3.63, 3.8) is 0 Å². The van der Waals surface area contributed by atoms with Gasteiger partial charge >= 0.3 is 0 Å². The molecule has 126 valence electrons. The Labute approximate surface area is 160 Å². The number of nitrogens with zero attached hydrogens (tertiary/aromatic N) is 1. The van der Waals surface area contributed by atoms with Gasteiger partial charge in [-0.25, -0.2) is 4.98 Å². The van der Waals surface area contributed by atoms with E-state index in [-0.39, 0.29) is 17.1 Å². The zero-order valence-corrected chi connectivity index (χ0v) is 16.3. The van der Waals surface area contributed by atoms with Gasteiger partial charge in [0.05, 0.1) is 6.10 Å². The number of benzene rings is 1. The van der Waals surface area contributed by atoms with Gasteiger partial charge in [0.15, 0.2) is 5.11 Å². The number of pyridine rings is 1. The molecule has 0 fully saturated rings. The molecule has 0 spiro atoms. The van der Waals surface area contributed by atoms with E-state index in [1.54, 1.807) is 30.5 Å². The summed E-state index contributed by atoms with van der Waals surface area (Å²) in [7, 11) is 0. The molecule has 1 aromatic heterocycles.